The third-order valence-electron chi connectivity index (χ3n) is 4.67. The van der Waals surface area contributed by atoms with Crippen molar-refractivity contribution >= 4 is 38.5 Å². The fourth-order valence-electron chi connectivity index (χ4n) is 3.28. The van der Waals surface area contributed by atoms with Crippen LogP contribution in [0.2, 0.25) is 0 Å². The zero-order valence-electron chi connectivity index (χ0n) is 15.5. The van der Waals surface area contributed by atoms with E-state index in [0.29, 0.717) is 13.0 Å². The number of amides is 1. The summed E-state index contributed by atoms with van der Waals surface area (Å²) in [6.45, 7) is 4.69. The summed E-state index contributed by atoms with van der Waals surface area (Å²) in [6.07, 6.45) is 2.45. The van der Waals surface area contributed by atoms with E-state index < -0.39 is 0 Å². The monoisotopic (exact) mass is 417 g/mol. The highest BCUT2D eigenvalue weighted by Gasteiger charge is 2.28. The second kappa shape index (κ2) is 8.16. The lowest BCUT2D eigenvalue weighted by Crippen LogP contribution is -2.37. The maximum atomic E-state index is 12.4. The fraction of sp³-hybridized carbons (Fsp3) is 0.450. The molecule has 1 aromatic carbocycles. The Kier molecular flexibility index (Phi) is 5.91. The predicted molar refractivity (Wildman–Crippen MR) is 108 cm³/mol. The van der Waals surface area contributed by atoms with Gasteiger partial charge in [-0.2, -0.15) is 5.10 Å². The largest absolute Gasteiger partial charge is 0.494 e. The molecule has 1 aliphatic heterocycles. The van der Waals surface area contributed by atoms with Gasteiger partial charge in [-0.25, -0.2) is 9.99 Å². The Bertz CT molecular complexity index is 850. The molecule has 2 aromatic rings. The highest BCUT2D eigenvalue weighted by molar-refractivity contribution is 9.09. The molecule has 1 aliphatic rings. The lowest BCUT2D eigenvalue weighted by Gasteiger charge is -2.28. The zero-order valence-corrected chi connectivity index (χ0v) is 17.0. The maximum Gasteiger partial charge on any atom is 0.243 e. The Morgan fingerprint density at radius 3 is 2.81 bits per heavy atom. The Balaban J connectivity index is 2.06. The third kappa shape index (κ3) is 3.75. The van der Waals surface area contributed by atoms with Crippen LogP contribution in [0, 0.1) is 12.8 Å². The van der Waals surface area contributed by atoms with Crippen molar-refractivity contribution in [2.45, 2.75) is 33.1 Å². The summed E-state index contributed by atoms with van der Waals surface area (Å²) < 4.78 is 5.48. The summed E-state index contributed by atoms with van der Waals surface area (Å²) in [7, 11) is 1.66. The molecule has 0 N–H and O–H groups in total. The first-order valence-corrected chi connectivity index (χ1v) is 10.1. The van der Waals surface area contributed by atoms with Crippen molar-refractivity contribution in [1.29, 1.82) is 0 Å². The number of rotatable bonds is 6. The molecule has 3 rings (SSSR count). The number of aromatic nitrogens is 1. The number of hydrazone groups is 1. The van der Waals surface area contributed by atoms with Gasteiger partial charge in [-0.15, -0.1) is 0 Å². The second-order valence-electron chi connectivity index (χ2n) is 6.67. The summed E-state index contributed by atoms with van der Waals surface area (Å²) in [5.41, 5.74) is 3.75. The molecular formula is C20H24BrN3O2. The molecular weight excluding hydrogens is 394 g/mol. The molecule has 0 radical (unpaired) electrons. The molecule has 138 valence electrons. The third-order valence-corrected chi connectivity index (χ3v) is 5.23. The van der Waals surface area contributed by atoms with Gasteiger partial charge in [0, 0.05) is 40.9 Å². The van der Waals surface area contributed by atoms with Crippen molar-refractivity contribution in [3.05, 3.63) is 35.5 Å². The van der Waals surface area contributed by atoms with E-state index in [-0.39, 0.29) is 11.8 Å². The van der Waals surface area contributed by atoms with E-state index >= 15 is 0 Å². The van der Waals surface area contributed by atoms with Gasteiger partial charge in [-0.1, -0.05) is 28.9 Å². The Hall–Kier alpha value is -1.95. The summed E-state index contributed by atoms with van der Waals surface area (Å²) in [5, 5.41) is 8.32. The van der Waals surface area contributed by atoms with E-state index in [1.54, 1.807) is 12.1 Å². The number of benzene rings is 1. The summed E-state index contributed by atoms with van der Waals surface area (Å²) in [4.78, 5) is 17.0. The number of pyridine rings is 1. The second-order valence-corrected chi connectivity index (χ2v) is 7.46. The molecule has 0 bridgehead atoms. The molecule has 0 saturated carbocycles. The van der Waals surface area contributed by atoms with Crippen molar-refractivity contribution in [2.24, 2.45) is 11.0 Å². The van der Waals surface area contributed by atoms with Gasteiger partial charge in [-0.3, -0.25) is 4.79 Å². The number of halogens is 1. The van der Waals surface area contributed by atoms with Crippen LogP contribution in [-0.4, -0.2) is 40.6 Å². The van der Waals surface area contributed by atoms with Crippen LogP contribution in [0.5, 0.6) is 5.75 Å². The van der Waals surface area contributed by atoms with Crippen molar-refractivity contribution in [1.82, 2.24) is 9.99 Å². The summed E-state index contributed by atoms with van der Waals surface area (Å²) in [6, 6.07) is 8.03. The number of nitrogens with zero attached hydrogens (tertiary/aromatic N) is 3. The number of carbonyl (C=O) groups is 1. The molecule has 0 fully saturated rings. The van der Waals surface area contributed by atoms with Gasteiger partial charge >= 0.3 is 0 Å². The molecule has 2 heterocycles. The first kappa shape index (κ1) is 18.8. The van der Waals surface area contributed by atoms with E-state index in [9.17, 15) is 4.79 Å². The molecule has 1 aromatic heterocycles. The van der Waals surface area contributed by atoms with Crippen LogP contribution in [0.15, 0.2) is 29.4 Å². The van der Waals surface area contributed by atoms with Gasteiger partial charge in [-0.05, 0) is 38.0 Å². The molecule has 6 heteroatoms. The number of aryl methyl sites for hydroxylation is 1. The fourth-order valence-corrected chi connectivity index (χ4v) is 3.67. The van der Waals surface area contributed by atoms with Crippen LogP contribution in [0.1, 0.15) is 37.4 Å². The van der Waals surface area contributed by atoms with Crippen LogP contribution in [0.3, 0.4) is 0 Å². The molecule has 0 aliphatic carbocycles. The molecule has 1 atom stereocenters. The topological polar surface area (TPSA) is 54.8 Å². The number of methoxy groups -OCH3 is 1. The average Bonchev–Trinajstić information content (AvgIpc) is 2.63. The van der Waals surface area contributed by atoms with Crippen molar-refractivity contribution in [2.75, 3.05) is 19.0 Å². The van der Waals surface area contributed by atoms with Gasteiger partial charge in [0.1, 0.15) is 11.3 Å². The normalized spacial score (nSPS) is 17.5. The number of hydrogen-bond acceptors (Lipinski definition) is 4. The van der Waals surface area contributed by atoms with E-state index in [0.717, 1.165) is 51.8 Å². The van der Waals surface area contributed by atoms with Crippen molar-refractivity contribution < 1.29 is 9.53 Å². The Morgan fingerprint density at radius 2 is 2.08 bits per heavy atom. The molecule has 26 heavy (non-hydrogen) atoms. The zero-order chi connectivity index (χ0) is 18.7. The number of unbranched alkanes of at least 4 members (excludes halogenated alkanes) is 1. The highest BCUT2D eigenvalue weighted by Crippen LogP contribution is 2.31. The number of alkyl halides is 1. The quantitative estimate of drug-likeness (QED) is 0.519. The van der Waals surface area contributed by atoms with E-state index in [1.807, 2.05) is 25.1 Å². The minimum Gasteiger partial charge on any atom is -0.494 e. The van der Waals surface area contributed by atoms with Gasteiger partial charge in [0.05, 0.1) is 12.8 Å². The Labute approximate surface area is 162 Å². The van der Waals surface area contributed by atoms with Crippen LogP contribution in [0.4, 0.5) is 0 Å². The standard InChI is InChI=1S/C20H24BrN3O2/c1-13-12-18(25)24(11-5-4-10-21)23-19(13)15-8-9-17(26-3)20-16(15)7-6-14(2)22-20/h6-9,13H,4-5,10-12H2,1-3H3. The van der Waals surface area contributed by atoms with Crippen LogP contribution in [0.25, 0.3) is 10.9 Å². The number of ether oxygens (including phenoxy) is 1. The molecule has 5 nitrogen and oxygen atoms in total. The van der Waals surface area contributed by atoms with Crippen molar-refractivity contribution in [3.63, 3.8) is 0 Å². The van der Waals surface area contributed by atoms with E-state index in [4.69, 9.17) is 9.84 Å². The number of hydrogen-bond donors (Lipinski definition) is 0. The Morgan fingerprint density at radius 1 is 1.27 bits per heavy atom. The first-order chi connectivity index (χ1) is 12.5. The van der Waals surface area contributed by atoms with Crippen LogP contribution in [-0.2, 0) is 4.79 Å². The number of carbonyl (C=O) groups excluding carboxylic acids is 1. The molecule has 0 spiro atoms. The first-order valence-electron chi connectivity index (χ1n) is 8.94. The van der Waals surface area contributed by atoms with E-state index in [1.165, 1.54) is 0 Å². The molecule has 0 saturated heterocycles. The minimum absolute atomic E-state index is 0.0767. The van der Waals surface area contributed by atoms with E-state index in [2.05, 4.69) is 33.9 Å². The van der Waals surface area contributed by atoms with Crippen molar-refractivity contribution in [3.8, 4) is 5.75 Å². The molecule has 1 amide bonds. The molecule has 1 unspecified atom stereocenters. The van der Waals surface area contributed by atoms with Gasteiger partial charge in [0.2, 0.25) is 5.91 Å². The van der Waals surface area contributed by atoms with Gasteiger partial charge in [0.25, 0.3) is 0 Å². The number of fused-ring (bicyclic) bond motifs is 1. The summed E-state index contributed by atoms with van der Waals surface area (Å²) in [5.74, 6) is 0.928. The van der Waals surface area contributed by atoms with Crippen LogP contribution < -0.4 is 4.74 Å². The highest BCUT2D eigenvalue weighted by atomic mass is 79.9. The lowest BCUT2D eigenvalue weighted by molar-refractivity contribution is -0.132. The minimum atomic E-state index is 0.0767. The predicted octanol–water partition coefficient (Wildman–Crippen LogP) is 4.30. The lowest BCUT2D eigenvalue weighted by atomic mass is 9.91. The van der Waals surface area contributed by atoms with Crippen LogP contribution >= 0.6 is 15.9 Å². The van der Waals surface area contributed by atoms with Gasteiger partial charge < -0.3 is 4.74 Å². The average molecular weight is 418 g/mol. The SMILES string of the molecule is COc1ccc(C2=NN(CCCCBr)C(=O)CC2C)c2ccc(C)nc12. The maximum absolute atomic E-state index is 12.4. The summed E-state index contributed by atoms with van der Waals surface area (Å²) >= 11 is 3.44. The van der Waals surface area contributed by atoms with Gasteiger partial charge in [0.15, 0.2) is 0 Å². The smallest absolute Gasteiger partial charge is 0.243 e.